The van der Waals surface area contributed by atoms with Crippen molar-refractivity contribution in [2.24, 2.45) is 0 Å². The molecule has 0 aliphatic carbocycles. The largest absolute Gasteiger partial charge is 0.507 e. The lowest BCUT2D eigenvalue weighted by molar-refractivity contribution is 0.0948. The minimum absolute atomic E-state index is 0.0149. The zero-order valence-electron chi connectivity index (χ0n) is 11.2. The zero-order chi connectivity index (χ0) is 13.8. The second kappa shape index (κ2) is 5.71. The van der Waals surface area contributed by atoms with E-state index in [-0.39, 0.29) is 11.7 Å². The molecule has 4 nitrogen and oxygen atoms in total. The van der Waals surface area contributed by atoms with Gasteiger partial charge >= 0.3 is 0 Å². The maximum absolute atomic E-state index is 12.0. The first-order valence-corrected chi connectivity index (χ1v) is 6.22. The SMILES string of the molecule is CN(C)CCNC(=O)c1cc2ccccc2cc1O. The summed E-state index contributed by atoms with van der Waals surface area (Å²) in [5, 5.41) is 14.6. The number of phenolic OH excluding ortho intramolecular Hbond substituents is 1. The maximum atomic E-state index is 12.0. The average Bonchev–Trinajstić information content (AvgIpc) is 2.37. The number of rotatable bonds is 4. The number of hydrogen-bond donors (Lipinski definition) is 2. The molecule has 4 heteroatoms. The van der Waals surface area contributed by atoms with Crippen LogP contribution in [0.3, 0.4) is 0 Å². The number of phenols is 1. The van der Waals surface area contributed by atoms with Gasteiger partial charge in [-0.3, -0.25) is 4.79 Å². The van der Waals surface area contributed by atoms with Gasteiger partial charge in [0.15, 0.2) is 0 Å². The number of likely N-dealkylation sites (N-methyl/N-ethyl adjacent to an activating group) is 1. The minimum atomic E-state index is -0.245. The third kappa shape index (κ3) is 3.23. The summed E-state index contributed by atoms with van der Waals surface area (Å²) in [5.41, 5.74) is 0.317. The lowest BCUT2D eigenvalue weighted by Crippen LogP contribution is -2.31. The second-order valence-electron chi connectivity index (χ2n) is 4.78. The molecule has 2 aromatic rings. The van der Waals surface area contributed by atoms with Crippen LogP contribution in [0.4, 0.5) is 0 Å². The van der Waals surface area contributed by atoms with E-state index in [2.05, 4.69) is 5.32 Å². The third-order valence-corrected chi connectivity index (χ3v) is 2.95. The number of nitrogens with zero attached hydrogens (tertiary/aromatic N) is 1. The van der Waals surface area contributed by atoms with Gasteiger partial charge in [0.2, 0.25) is 0 Å². The van der Waals surface area contributed by atoms with Crippen molar-refractivity contribution in [1.82, 2.24) is 10.2 Å². The van der Waals surface area contributed by atoms with Gasteiger partial charge in [0.25, 0.3) is 5.91 Å². The lowest BCUT2D eigenvalue weighted by atomic mass is 10.1. The number of amides is 1. The van der Waals surface area contributed by atoms with Crippen molar-refractivity contribution in [3.05, 3.63) is 42.0 Å². The number of carbonyl (C=O) groups excluding carboxylic acids is 1. The van der Waals surface area contributed by atoms with E-state index in [4.69, 9.17) is 0 Å². The van der Waals surface area contributed by atoms with E-state index < -0.39 is 0 Å². The van der Waals surface area contributed by atoms with Crippen LogP contribution in [0, 0.1) is 0 Å². The Hall–Kier alpha value is -2.07. The quantitative estimate of drug-likeness (QED) is 0.879. The first kappa shape index (κ1) is 13.4. The molecule has 100 valence electrons. The Kier molecular flexibility index (Phi) is 4.02. The highest BCUT2D eigenvalue weighted by atomic mass is 16.3. The Labute approximate surface area is 112 Å². The van der Waals surface area contributed by atoms with E-state index in [9.17, 15) is 9.90 Å². The highest BCUT2D eigenvalue weighted by Crippen LogP contribution is 2.24. The Morgan fingerprint density at radius 1 is 1.21 bits per heavy atom. The zero-order valence-corrected chi connectivity index (χ0v) is 11.2. The van der Waals surface area contributed by atoms with E-state index in [1.165, 1.54) is 0 Å². The minimum Gasteiger partial charge on any atom is -0.507 e. The fourth-order valence-corrected chi connectivity index (χ4v) is 1.90. The number of aromatic hydroxyl groups is 1. The van der Waals surface area contributed by atoms with Gasteiger partial charge in [0.1, 0.15) is 5.75 Å². The summed E-state index contributed by atoms with van der Waals surface area (Å²) in [6.45, 7) is 1.32. The molecule has 1 amide bonds. The van der Waals surface area contributed by atoms with E-state index in [1.807, 2.05) is 43.3 Å². The molecule has 0 aliphatic heterocycles. The topological polar surface area (TPSA) is 52.6 Å². The predicted octanol–water partition coefficient (Wildman–Crippen LogP) is 1.84. The molecular formula is C15H18N2O2. The molecule has 2 rings (SSSR count). The Morgan fingerprint density at radius 2 is 1.84 bits per heavy atom. The predicted molar refractivity (Wildman–Crippen MR) is 76.5 cm³/mol. The Morgan fingerprint density at radius 3 is 2.47 bits per heavy atom. The normalized spacial score (nSPS) is 10.9. The molecule has 0 aromatic heterocycles. The molecule has 2 N–H and O–H groups in total. The number of carbonyl (C=O) groups is 1. The Bertz CT molecular complexity index is 594. The van der Waals surface area contributed by atoms with Gasteiger partial charge in [-0.25, -0.2) is 0 Å². The first-order chi connectivity index (χ1) is 9.08. The van der Waals surface area contributed by atoms with Crippen molar-refractivity contribution in [2.75, 3.05) is 27.2 Å². The van der Waals surface area contributed by atoms with Crippen molar-refractivity contribution in [1.29, 1.82) is 0 Å². The summed E-state index contributed by atoms with van der Waals surface area (Å²) < 4.78 is 0. The van der Waals surface area contributed by atoms with Crippen LogP contribution in [0.5, 0.6) is 5.75 Å². The third-order valence-electron chi connectivity index (χ3n) is 2.95. The van der Waals surface area contributed by atoms with Crippen molar-refractivity contribution < 1.29 is 9.90 Å². The molecule has 19 heavy (non-hydrogen) atoms. The maximum Gasteiger partial charge on any atom is 0.255 e. The van der Waals surface area contributed by atoms with Crippen LogP contribution in [-0.4, -0.2) is 43.1 Å². The van der Waals surface area contributed by atoms with Gasteiger partial charge in [-0.2, -0.15) is 0 Å². The van der Waals surface area contributed by atoms with Gasteiger partial charge in [-0.15, -0.1) is 0 Å². The summed E-state index contributed by atoms with van der Waals surface area (Å²) in [6.07, 6.45) is 0. The highest BCUT2D eigenvalue weighted by Gasteiger charge is 2.11. The van der Waals surface area contributed by atoms with Crippen molar-refractivity contribution in [2.45, 2.75) is 0 Å². The van der Waals surface area contributed by atoms with Gasteiger partial charge < -0.3 is 15.3 Å². The number of fused-ring (bicyclic) bond motifs is 1. The van der Waals surface area contributed by atoms with Gasteiger partial charge in [-0.1, -0.05) is 24.3 Å². The van der Waals surface area contributed by atoms with E-state index in [0.717, 1.165) is 17.3 Å². The molecule has 0 heterocycles. The summed E-state index contributed by atoms with van der Waals surface area (Å²) >= 11 is 0. The molecule has 0 spiro atoms. The van der Waals surface area contributed by atoms with Crippen molar-refractivity contribution in [3.63, 3.8) is 0 Å². The van der Waals surface area contributed by atoms with Crippen LogP contribution in [0.15, 0.2) is 36.4 Å². The molecular weight excluding hydrogens is 240 g/mol. The highest BCUT2D eigenvalue weighted by molar-refractivity contribution is 6.01. The van der Waals surface area contributed by atoms with Crippen LogP contribution in [-0.2, 0) is 0 Å². The van der Waals surface area contributed by atoms with E-state index in [0.29, 0.717) is 12.1 Å². The van der Waals surface area contributed by atoms with Crippen LogP contribution in [0.1, 0.15) is 10.4 Å². The molecule has 0 saturated carbocycles. The van der Waals surface area contributed by atoms with Crippen molar-refractivity contribution >= 4 is 16.7 Å². The van der Waals surface area contributed by atoms with Crippen LogP contribution in [0.2, 0.25) is 0 Å². The monoisotopic (exact) mass is 258 g/mol. The molecule has 0 saturated heterocycles. The molecule has 0 radical (unpaired) electrons. The van der Waals surface area contributed by atoms with Gasteiger partial charge in [0, 0.05) is 13.1 Å². The van der Waals surface area contributed by atoms with E-state index >= 15 is 0 Å². The summed E-state index contributed by atoms with van der Waals surface area (Å²) in [4.78, 5) is 14.0. The van der Waals surface area contributed by atoms with Crippen LogP contribution < -0.4 is 5.32 Å². The average molecular weight is 258 g/mol. The molecule has 0 aliphatic rings. The number of hydrogen-bond acceptors (Lipinski definition) is 3. The van der Waals surface area contributed by atoms with Gasteiger partial charge in [0.05, 0.1) is 5.56 Å². The Balaban J connectivity index is 2.19. The first-order valence-electron chi connectivity index (χ1n) is 6.22. The lowest BCUT2D eigenvalue weighted by Gasteiger charge is -2.11. The molecule has 0 atom stereocenters. The molecule has 0 fully saturated rings. The molecule has 0 unspecified atom stereocenters. The van der Waals surface area contributed by atoms with Crippen LogP contribution in [0.25, 0.3) is 10.8 Å². The van der Waals surface area contributed by atoms with Crippen LogP contribution >= 0.6 is 0 Å². The molecule has 2 aromatic carbocycles. The van der Waals surface area contributed by atoms with Gasteiger partial charge in [-0.05, 0) is 37.0 Å². The fraction of sp³-hybridized carbons (Fsp3) is 0.267. The number of benzene rings is 2. The number of nitrogens with one attached hydrogen (secondary N) is 1. The second-order valence-corrected chi connectivity index (χ2v) is 4.78. The molecule has 0 bridgehead atoms. The smallest absolute Gasteiger partial charge is 0.255 e. The fourth-order valence-electron chi connectivity index (χ4n) is 1.90. The summed E-state index contributed by atoms with van der Waals surface area (Å²) in [6, 6.07) is 11.0. The van der Waals surface area contributed by atoms with E-state index in [1.54, 1.807) is 12.1 Å². The van der Waals surface area contributed by atoms with Crippen molar-refractivity contribution in [3.8, 4) is 5.75 Å². The summed E-state index contributed by atoms with van der Waals surface area (Å²) in [5.74, 6) is -0.230. The standard InChI is InChI=1S/C15H18N2O2/c1-17(2)8-7-16-15(19)13-9-11-5-3-4-6-12(11)10-14(13)18/h3-6,9-10,18H,7-8H2,1-2H3,(H,16,19). The summed E-state index contributed by atoms with van der Waals surface area (Å²) in [7, 11) is 3.89.